The van der Waals surface area contributed by atoms with Gasteiger partial charge in [0.15, 0.2) is 5.96 Å². The molecule has 27 heavy (non-hydrogen) atoms. The summed E-state index contributed by atoms with van der Waals surface area (Å²) in [6.07, 6.45) is 7.04. The Balaban J connectivity index is 1.53. The molecule has 1 saturated heterocycles. The van der Waals surface area contributed by atoms with Crippen molar-refractivity contribution in [1.29, 1.82) is 0 Å². The molecule has 2 N–H and O–H groups in total. The van der Waals surface area contributed by atoms with E-state index < -0.39 is 0 Å². The lowest BCUT2D eigenvalue weighted by atomic mass is 10.0. The Morgan fingerprint density at radius 2 is 1.85 bits per heavy atom. The van der Waals surface area contributed by atoms with Gasteiger partial charge in [0.2, 0.25) is 0 Å². The second-order valence-corrected chi connectivity index (χ2v) is 8.16. The maximum atomic E-state index is 4.46. The number of guanidine groups is 1. The van der Waals surface area contributed by atoms with E-state index in [4.69, 9.17) is 0 Å². The molecule has 0 saturated carbocycles. The lowest BCUT2D eigenvalue weighted by Crippen LogP contribution is -2.36. The van der Waals surface area contributed by atoms with Crippen LogP contribution in [0.2, 0.25) is 0 Å². The van der Waals surface area contributed by atoms with Crippen molar-refractivity contribution in [2.75, 3.05) is 20.1 Å². The molecule has 6 heteroatoms. The average Bonchev–Trinajstić information content (AvgIpc) is 3.18. The Kier molecular flexibility index (Phi) is 7.66. The van der Waals surface area contributed by atoms with Gasteiger partial charge in [0, 0.05) is 31.2 Å². The summed E-state index contributed by atoms with van der Waals surface area (Å²) in [5.41, 5.74) is 2.75. The maximum absolute atomic E-state index is 4.46. The first-order chi connectivity index (χ1) is 13.3. The van der Waals surface area contributed by atoms with Crippen LogP contribution in [0.15, 0.2) is 35.5 Å². The Bertz CT molecular complexity index is 734. The van der Waals surface area contributed by atoms with Crippen molar-refractivity contribution in [3.05, 3.63) is 51.5 Å². The fourth-order valence-electron chi connectivity index (χ4n) is 3.39. The molecule has 146 valence electrons. The Labute approximate surface area is 166 Å². The van der Waals surface area contributed by atoms with E-state index in [2.05, 4.69) is 56.7 Å². The van der Waals surface area contributed by atoms with Gasteiger partial charge in [-0.2, -0.15) is 0 Å². The second kappa shape index (κ2) is 10.4. The van der Waals surface area contributed by atoms with E-state index >= 15 is 0 Å². The number of aliphatic imine (C=N–C) groups is 1. The van der Waals surface area contributed by atoms with Crippen molar-refractivity contribution in [1.82, 2.24) is 20.5 Å². The van der Waals surface area contributed by atoms with Crippen LogP contribution in [0.4, 0.5) is 0 Å². The normalized spacial score (nSPS) is 15.7. The minimum atomic E-state index is 0.708. The zero-order valence-electron chi connectivity index (χ0n) is 16.5. The highest BCUT2D eigenvalue weighted by atomic mass is 32.1. The molecular formula is C21H31N5S. The second-order valence-electron chi connectivity index (χ2n) is 6.96. The van der Waals surface area contributed by atoms with Crippen LogP contribution in [0.1, 0.15) is 47.2 Å². The summed E-state index contributed by atoms with van der Waals surface area (Å²) >= 11 is 1.76. The molecule has 2 aromatic rings. The van der Waals surface area contributed by atoms with Gasteiger partial charge in [0.05, 0.1) is 6.54 Å². The fraction of sp³-hybridized carbons (Fsp3) is 0.524. The van der Waals surface area contributed by atoms with E-state index in [0.717, 1.165) is 30.5 Å². The van der Waals surface area contributed by atoms with Crippen LogP contribution in [0.25, 0.3) is 0 Å². The van der Waals surface area contributed by atoms with Crippen LogP contribution in [0, 0.1) is 0 Å². The molecule has 0 atom stereocenters. The topological polar surface area (TPSA) is 52.6 Å². The number of aryl methyl sites for hydroxylation is 1. The number of hydrogen-bond donors (Lipinski definition) is 2. The Morgan fingerprint density at radius 1 is 1.11 bits per heavy atom. The number of benzene rings is 1. The van der Waals surface area contributed by atoms with E-state index in [-0.39, 0.29) is 0 Å². The van der Waals surface area contributed by atoms with E-state index in [1.54, 1.807) is 11.3 Å². The number of aromatic nitrogens is 1. The minimum Gasteiger partial charge on any atom is -0.352 e. The molecule has 0 amide bonds. The summed E-state index contributed by atoms with van der Waals surface area (Å²) in [4.78, 5) is 12.7. The summed E-state index contributed by atoms with van der Waals surface area (Å²) in [6.45, 7) is 7.13. The highest BCUT2D eigenvalue weighted by molar-refractivity contribution is 7.11. The van der Waals surface area contributed by atoms with Gasteiger partial charge in [-0.1, -0.05) is 37.6 Å². The SMILES string of the molecule is CCc1cnc(CNC(=NC)NCc2ccccc2CN2CCCCC2)s1. The predicted octanol–water partition coefficient (Wildman–Crippen LogP) is 3.56. The first-order valence-corrected chi connectivity index (χ1v) is 10.8. The van der Waals surface area contributed by atoms with E-state index in [1.165, 1.54) is 48.4 Å². The standard InChI is InChI=1S/C21H31N5S/c1-3-19-14-23-20(27-19)15-25-21(22-2)24-13-17-9-5-6-10-18(17)16-26-11-7-4-8-12-26/h5-6,9-10,14H,3-4,7-8,11-13,15-16H2,1-2H3,(H2,22,24,25). The van der Waals surface area contributed by atoms with Crippen molar-refractivity contribution in [3.8, 4) is 0 Å². The number of piperidine rings is 1. The summed E-state index contributed by atoms with van der Waals surface area (Å²) in [6, 6.07) is 8.73. The summed E-state index contributed by atoms with van der Waals surface area (Å²) < 4.78 is 0. The maximum Gasteiger partial charge on any atom is 0.191 e. The first-order valence-electron chi connectivity index (χ1n) is 9.95. The zero-order chi connectivity index (χ0) is 18.9. The first kappa shape index (κ1) is 19.8. The summed E-state index contributed by atoms with van der Waals surface area (Å²) in [7, 11) is 1.81. The summed E-state index contributed by atoms with van der Waals surface area (Å²) in [5.74, 6) is 0.816. The number of hydrogen-bond acceptors (Lipinski definition) is 4. The molecule has 0 radical (unpaired) electrons. The van der Waals surface area contributed by atoms with Crippen molar-refractivity contribution in [2.24, 2.45) is 4.99 Å². The van der Waals surface area contributed by atoms with E-state index in [0.29, 0.717) is 6.54 Å². The number of thiazole rings is 1. The van der Waals surface area contributed by atoms with Gasteiger partial charge in [-0.05, 0) is 43.5 Å². The number of nitrogens with one attached hydrogen (secondary N) is 2. The molecule has 1 aliphatic heterocycles. The molecule has 3 rings (SSSR count). The van der Waals surface area contributed by atoms with Gasteiger partial charge >= 0.3 is 0 Å². The van der Waals surface area contributed by atoms with Crippen molar-refractivity contribution >= 4 is 17.3 Å². The van der Waals surface area contributed by atoms with Crippen LogP contribution < -0.4 is 10.6 Å². The Morgan fingerprint density at radius 3 is 2.56 bits per heavy atom. The lowest BCUT2D eigenvalue weighted by Gasteiger charge is -2.27. The predicted molar refractivity (Wildman–Crippen MR) is 114 cm³/mol. The molecule has 0 bridgehead atoms. The molecule has 1 aromatic carbocycles. The molecule has 0 aliphatic carbocycles. The van der Waals surface area contributed by atoms with Gasteiger partial charge in [-0.3, -0.25) is 9.89 Å². The van der Waals surface area contributed by atoms with Gasteiger partial charge in [0.25, 0.3) is 0 Å². The molecule has 1 aromatic heterocycles. The fourth-order valence-corrected chi connectivity index (χ4v) is 4.20. The lowest BCUT2D eigenvalue weighted by molar-refractivity contribution is 0.220. The van der Waals surface area contributed by atoms with Crippen molar-refractivity contribution in [2.45, 2.75) is 52.2 Å². The van der Waals surface area contributed by atoms with E-state index in [1.807, 2.05) is 13.2 Å². The van der Waals surface area contributed by atoms with Crippen molar-refractivity contribution in [3.63, 3.8) is 0 Å². The van der Waals surface area contributed by atoms with Crippen LogP contribution in [-0.4, -0.2) is 36.0 Å². The van der Waals surface area contributed by atoms with Crippen LogP contribution in [0.3, 0.4) is 0 Å². The highest BCUT2D eigenvalue weighted by Crippen LogP contribution is 2.16. The molecule has 1 aliphatic rings. The number of rotatable bonds is 7. The smallest absolute Gasteiger partial charge is 0.191 e. The molecule has 1 fully saturated rings. The van der Waals surface area contributed by atoms with Crippen LogP contribution in [-0.2, 0) is 26.1 Å². The van der Waals surface area contributed by atoms with Gasteiger partial charge in [-0.25, -0.2) is 4.98 Å². The molecule has 2 heterocycles. The molecule has 5 nitrogen and oxygen atoms in total. The third kappa shape index (κ3) is 6.04. The van der Waals surface area contributed by atoms with Crippen molar-refractivity contribution < 1.29 is 0 Å². The highest BCUT2D eigenvalue weighted by Gasteiger charge is 2.12. The van der Waals surface area contributed by atoms with Gasteiger partial charge in [0.1, 0.15) is 5.01 Å². The van der Waals surface area contributed by atoms with Gasteiger partial charge in [-0.15, -0.1) is 11.3 Å². The quantitative estimate of drug-likeness (QED) is 0.565. The monoisotopic (exact) mass is 385 g/mol. The number of nitrogens with zero attached hydrogens (tertiary/aromatic N) is 3. The molecule has 0 unspecified atom stereocenters. The van der Waals surface area contributed by atoms with Crippen LogP contribution >= 0.6 is 11.3 Å². The largest absolute Gasteiger partial charge is 0.352 e. The van der Waals surface area contributed by atoms with Gasteiger partial charge < -0.3 is 10.6 Å². The third-order valence-corrected chi connectivity index (χ3v) is 6.13. The zero-order valence-corrected chi connectivity index (χ0v) is 17.3. The molecule has 0 spiro atoms. The van der Waals surface area contributed by atoms with E-state index in [9.17, 15) is 0 Å². The average molecular weight is 386 g/mol. The third-order valence-electron chi connectivity index (χ3n) is 4.99. The minimum absolute atomic E-state index is 0.708. The molecular weight excluding hydrogens is 354 g/mol. The summed E-state index contributed by atoms with van der Waals surface area (Å²) in [5, 5.41) is 7.92. The number of likely N-dealkylation sites (tertiary alicyclic amines) is 1. The van der Waals surface area contributed by atoms with Crippen LogP contribution in [0.5, 0.6) is 0 Å². The Hall–Kier alpha value is -1.92.